The zero-order valence-electron chi connectivity index (χ0n) is 7.21. The molecule has 1 aromatic rings. The Morgan fingerprint density at radius 2 is 2.00 bits per heavy atom. The fraction of sp³-hybridized carbons (Fsp3) is 0.111. The Bertz CT molecular complexity index is 295. The number of benzene rings is 1. The van der Waals surface area contributed by atoms with Crippen LogP contribution in [0.3, 0.4) is 0 Å². The number of esters is 1. The second-order valence-electron chi connectivity index (χ2n) is 2.23. The monoisotopic (exact) mass is 196 g/mol. The molecule has 0 aliphatic heterocycles. The van der Waals surface area contributed by atoms with Crippen LogP contribution in [0, 0.1) is 0 Å². The number of ether oxygens (including phenoxy) is 1. The van der Waals surface area contributed by atoms with E-state index in [1.54, 1.807) is 30.3 Å². The zero-order valence-corrected chi connectivity index (χ0v) is 7.21. The lowest BCUT2D eigenvalue weighted by Gasteiger charge is -2.02. The summed E-state index contributed by atoms with van der Waals surface area (Å²) in [6.45, 7) is -0.331. The van der Waals surface area contributed by atoms with Crippen LogP contribution < -0.4 is 0 Å². The van der Waals surface area contributed by atoms with Gasteiger partial charge in [0.15, 0.2) is 0 Å². The predicted octanol–water partition coefficient (Wildman–Crippen LogP) is 0.905. The minimum Gasteiger partial charge on any atom is -0.431 e. The highest BCUT2D eigenvalue weighted by molar-refractivity contribution is 5.89. The van der Waals surface area contributed by atoms with Gasteiger partial charge in [-0.25, -0.2) is 4.79 Å². The molecule has 74 valence electrons. The molecule has 0 spiro atoms. The van der Waals surface area contributed by atoms with Gasteiger partial charge in [-0.05, 0) is 12.1 Å². The Morgan fingerprint density at radius 1 is 1.29 bits per heavy atom. The predicted molar refractivity (Wildman–Crippen MR) is 45.0 cm³/mol. The van der Waals surface area contributed by atoms with Crippen LogP contribution in [-0.2, 0) is 19.3 Å². The van der Waals surface area contributed by atoms with E-state index in [0.29, 0.717) is 5.56 Å². The summed E-state index contributed by atoms with van der Waals surface area (Å²) in [7, 11) is 0. The van der Waals surface area contributed by atoms with Gasteiger partial charge < -0.3 is 4.74 Å². The fourth-order valence-electron chi connectivity index (χ4n) is 0.791. The third kappa shape index (κ3) is 3.24. The SMILES string of the molecule is O=COOCOC(=O)c1ccccc1. The van der Waals surface area contributed by atoms with Crippen molar-refractivity contribution in [1.82, 2.24) is 0 Å². The normalized spacial score (nSPS) is 9.14. The quantitative estimate of drug-likeness (QED) is 0.175. The van der Waals surface area contributed by atoms with Crippen molar-refractivity contribution in [2.75, 3.05) is 6.79 Å². The van der Waals surface area contributed by atoms with Crippen molar-refractivity contribution >= 4 is 12.4 Å². The first-order valence-corrected chi connectivity index (χ1v) is 3.78. The average molecular weight is 196 g/mol. The van der Waals surface area contributed by atoms with Gasteiger partial charge in [0.05, 0.1) is 5.56 Å². The van der Waals surface area contributed by atoms with Gasteiger partial charge in [-0.3, -0.25) is 9.68 Å². The van der Waals surface area contributed by atoms with Crippen LogP contribution >= 0.6 is 0 Å². The van der Waals surface area contributed by atoms with E-state index < -0.39 is 12.8 Å². The van der Waals surface area contributed by atoms with E-state index in [4.69, 9.17) is 0 Å². The van der Waals surface area contributed by atoms with Gasteiger partial charge in [-0.2, -0.15) is 0 Å². The summed E-state index contributed by atoms with van der Waals surface area (Å²) in [5, 5.41) is 0. The summed E-state index contributed by atoms with van der Waals surface area (Å²) in [6.07, 6.45) is 0. The molecule has 0 aliphatic carbocycles. The Kier molecular flexibility index (Phi) is 4.16. The van der Waals surface area contributed by atoms with Crippen LogP contribution in [0.5, 0.6) is 0 Å². The molecule has 0 N–H and O–H groups in total. The molecule has 0 unspecified atom stereocenters. The summed E-state index contributed by atoms with van der Waals surface area (Å²) in [6, 6.07) is 8.40. The molecule has 0 bridgehead atoms. The Balaban J connectivity index is 2.32. The van der Waals surface area contributed by atoms with Gasteiger partial charge in [0.2, 0.25) is 6.79 Å². The molecule has 0 saturated carbocycles. The minimum absolute atomic E-state index is 0.0936. The number of hydrogen-bond donors (Lipinski definition) is 0. The van der Waals surface area contributed by atoms with E-state index in [9.17, 15) is 9.59 Å². The molecule has 5 nitrogen and oxygen atoms in total. The van der Waals surface area contributed by atoms with Gasteiger partial charge in [-0.15, -0.1) is 4.89 Å². The average Bonchev–Trinajstić information content (AvgIpc) is 2.25. The first-order chi connectivity index (χ1) is 6.84. The molecule has 0 saturated heterocycles. The molecule has 0 aromatic heterocycles. The molecule has 1 aromatic carbocycles. The zero-order chi connectivity index (χ0) is 10.2. The van der Waals surface area contributed by atoms with Crippen molar-refractivity contribution in [2.24, 2.45) is 0 Å². The van der Waals surface area contributed by atoms with Crippen LogP contribution in [-0.4, -0.2) is 19.2 Å². The third-order valence-corrected chi connectivity index (χ3v) is 1.35. The summed E-state index contributed by atoms with van der Waals surface area (Å²) in [5.74, 6) is -0.542. The molecule has 1 rings (SSSR count). The van der Waals surface area contributed by atoms with Gasteiger partial charge in [-0.1, -0.05) is 18.2 Å². The number of carbonyl (C=O) groups is 2. The lowest BCUT2D eigenvalue weighted by molar-refractivity contribution is -0.290. The summed E-state index contributed by atoms with van der Waals surface area (Å²) in [4.78, 5) is 28.8. The summed E-state index contributed by atoms with van der Waals surface area (Å²) >= 11 is 0. The van der Waals surface area contributed by atoms with Crippen molar-refractivity contribution in [3.05, 3.63) is 35.9 Å². The van der Waals surface area contributed by atoms with Crippen molar-refractivity contribution in [3.63, 3.8) is 0 Å². The fourth-order valence-corrected chi connectivity index (χ4v) is 0.791. The molecule has 0 atom stereocenters. The Hall–Kier alpha value is -1.88. The number of hydrogen-bond acceptors (Lipinski definition) is 5. The van der Waals surface area contributed by atoms with Crippen molar-refractivity contribution in [2.45, 2.75) is 0 Å². The minimum atomic E-state index is -0.542. The highest BCUT2D eigenvalue weighted by Gasteiger charge is 2.05. The Morgan fingerprint density at radius 3 is 2.64 bits per heavy atom. The van der Waals surface area contributed by atoms with Crippen LogP contribution in [0.1, 0.15) is 10.4 Å². The number of carbonyl (C=O) groups excluding carboxylic acids is 2. The third-order valence-electron chi connectivity index (χ3n) is 1.35. The largest absolute Gasteiger partial charge is 0.431 e. The maximum Gasteiger partial charge on any atom is 0.340 e. The van der Waals surface area contributed by atoms with E-state index >= 15 is 0 Å². The van der Waals surface area contributed by atoms with Crippen LogP contribution in [0.25, 0.3) is 0 Å². The van der Waals surface area contributed by atoms with E-state index in [1.807, 2.05) is 0 Å². The highest BCUT2D eigenvalue weighted by atomic mass is 17.2. The lowest BCUT2D eigenvalue weighted by Crippen LogP contribution is -2.08. The Labute approximate surface area is 80.1 Å². The molecule has 0 aliphatic rings. The second kappa shape index (κ2) is 5.71. The van der Waals surface area contributed by atoms with Crippen LogP contribution in [0.2, 0.25) is 0 Å². The summed E-state index contributed by atoms with van der Waals surface area (Å²) in [5.41, 5.74) is 0.405. The molecule has 0 radical (unpaired) electrons. The van der Waals surface area contributed by atoms with Crippen LogP contribution in [0.4, 0.5) is 0 Å². The van der Waals surface area contributed by atoms with E-state index in [0.717, 1.165) is 0 Å². The van der Waals surface area contributed by atoms with Gasteiger partial charge in [0, 0.05) is 0 Å². The molecular formula is C9H8O5. The van der Waals surface area contributed by atoms with Crippen molar-refractivity contribution < 1.29 is 24.1 Å². The molecule has 0 amide bonds. The van der Waals surface area contributed by atoms with Gasteiger partial charge >= 0.3 is 12.4 Å². The van der Waals surface area contributed by atoms with E-state index in [1.165, 1.54) is 0 Å². The smallest absolute Gasteiger partial charge is 0.340 e. The molecule has 5 heteroatoms. The molecule has 0 fully saturated rings. The summed E-state index contributed by atoms with van der Waals surface area (Å²) < 4.78 is 4.59. The molecular weight excluding hydrogens is 188 g/mol. The standard InChI is InChI=1S/C9H8O5/c10-6-13-14-7-12-9(11)8-4-2-1-3-5-8/h1-6H,7H2. The number of rotatable bonds is 5. The maximum absolute atomic E-state index is 11.2. The van der Waals surface area contributed by atoms with Crippen molar-refractivity contribution in [1.29, 1.82) is 0 Å². The lowest BCUT2D eigenvalue weighted by atomic mass is 10.2. The molecule has 0 heterocycles. The van der Waals surface area contributed by atoms with Gasteiger partial charge in [0.25, 0.3) is 0 Å². The first-order valence-electron chi connectivity index (χ1n) is 3.78. The first kappa shape index (κ1) is 10.2. The van der Waals surface area contributed by atoms with E-state index in [-0.39, 0.29) is 6.47 Å². The van der Waals surface area contributed by atoms with E-state index in [2.05, 4.69) is 14.5 Å². The molecule has 14 heavy (non-hydrogen) atoms. The van der Waals surface area contributed by atoms with Crippen LogP contribution in [0.15, 0.2) is 30.3 Å². The maximum atomic E-state index is 11.2. The van der Waals surface area contributed by atoms with Gasteiger partial charge in [0.1, 0.15) is 0 Å². The topological polar surface area (TPSA) is 61.8 Å². The highest BCUT2D eigenvalue weighted by Crippen LogP contribution is 2.00. The van der Waals surface area contributed by atoms with Crippen molar-refractivity contribution in [3.8, 4) is 0 Å². The second-order valence-corrected chi connectivity index (χ2v) is 2.23.